The predicted molar refractivity (Wildman–Crippen MR) is 84.1 cm³/mol. The molecule has 21 heavy (non-hydrogen) atoms. The molecule has 3 nitrogen and oxygen atoms in total. The minimum absolute atomic E-state index is 0.401. The molecule has 1 aromatic heterocycles. The molecule has 0 saturated heterocycles. The Balaban J connectivity index is 2.21. The van der Waals surface area contributed by atoms with E-state index in [-0.39, 0.29) is 0 Å². The maximum atomic E-state index is 11.8. The van der Waals surface area contributed by atoms with Crippen LogP contribution in [0, 0.1) is 5.92 Å². The molecule has 0 bridgehead atoms. The summed E-state index contributed by atoms with van der Waals surface area (Å²) in [6.45, 7) is 2.17. The summed E-state index contributed by atoms with van der Waals surface area (Å²) in [5.41, 5.74) is 3.00. The van der Waals surface area contributed by atoms with E-state index < -0.39 is 5.97 Å². The van der Waals surface area contributed by atoms with Gasteiger partial charge in [-0.15, -0.1) is 0 Å². The average Bonchev–Trinajstić information content (AvgIpc) is 2.45. The Kier molecular flexibility index (Phi) is 3.85. The highest BCUT2D eigenvalue weighted by Crippen LogP contribution is 2.34. The molecule has 4 heteroatoms. The van der Waals surface area contributed by atoms with Gasteiger partial charge in [-0.2, -0.15) is 0 Å². The van der Waals surface area contributed by atoms with Gasteiger partial charge in [-0.25, -0.2) is 4.79 Å². The SMILES string of the molecule is CCCC1CCc2nc3ccc(Cl)cc3c(C(=O)O)c2C1. The van der Waals surface area contributed by atoms with Crippen LogP contribution in [-0.4, -0.2) is 16.1 Å². The number of carboxylic acids is 1. The van der Waals surface area contributed by atoms with Crippen LogP contribution in [-0.2, 0) is 12.8 Å². The molecule has 0 fully saturated rings. The van der Waals surface area contributed by atoms with Crippen molar-refractivity contribution in [2.45, 2.75) is 39.0 Å². The van der Waals surface area contributed by atoms with E-state index in [2.05, 4.69) is 11.9 Å². The molecule has 110 valence electrons. The number of aromatic carboxylic acids is 1. The topological polar surface area (TPSA) is 50.2 Å². The highest BCUT2D eigenvalue weighted by atomic mass is 35.5. The summed E-state index contributed by atoms with van der Waals surface area (Å²) in [6, 6.07) is 5.29. The lowest BCUT2D eigenvalue weighted by molar-refractivity contribution is 0.0697. The summed E-state index contributed by atoms with van der Waals surface area (Å²) in [4.78, 5) is 16.5. The molecule has 0 aliphatic heterocycles. The number of carboxylic acid groups (broad SMARTS) is 1. The second kappa shape index (κ2) is 5.64. The van der Waals surface area contributed by atoms with Crippen LogP contribution in [0.15, 0.2) is 18.2 Å². The summed E-state index contributed by atoms with van der Waals surface area (Å²) in [5.74, 6) is -0.308. The minimum atomic E-state index is -0.877. The zero-order chi connectivity index (χ0) is 15.0. The van der Waals surface area contributed by atoms with Gasteiger partial charge in [-0.05, 0) is 48.9 Å². The number of carbonyl (C=O) groups is 1. The molecule has 1 atom stereocenters. The molecule has 1 heterocycles. The van der Waals surface area contributed by atoms with Gasteiger partial charge in [0.05, 0.1) is 11.1 Å². The largest absolute Gasteiger partial charge is 0.478 e. The van der Waals surface area contributed by atoms with Crippen LogP contribution >= 0.6 is 11.6 Å². The number of nitrogens with zero attached hydrogens (tertiary/aromatic N) is 1. The van der Waals surface area contributed by atoms with Crippen LogP contribution in [0.3, 0.4) is 0 Å². The molecule has 1 aliphatic rings. The number of aryl methyl sites for hydroxylation is 1. The van der Waals surface area contributed by atoms with Gasteiger partial charge in [0.1, 0.15) is 0 Å². The fourth-order valence-corrected chi connectivity index (χ4v) is 3.56. The smallest absolute Gasteiger partial charge is 0.336 e. The molecule has 1 unspecified atom stereocenters. The minimum Gasteiger partial charge on any atom is -0.478 e. The zero-order valence-corrected chi connectivity index (χ0v) is 12.8. The molecule has 0 amide bonds. The van der Waals surface area contributed by atoms with Crippen molar-refractivity contribution in [1.82, 2.24) is 4.98 Å². The number of hydrogen-bond acceptors (Lipinski definition) is 2. The third-order valence-corrected chi connectivity index (χ3v) is 4.56. The second-order valence-corrected chi connectivity index (χ2v) is 6.21. The molecule has 1 N–H and O–H groups in total. The lowest BCUT2D eigenvalue weighted by Crippen LogP contribution is -2.19. The summed E-state index contributed by atoms with van der Waals surface area (Å²) >= 11 is 6.04. The standard InChI is InChI=1S/C17H18ClNO2/c1-2-3-10-4-6-14-12(8-10)16(17(20)21)13-9-11(18)5-7-15(13)19-14/h5,7,9-10H,2-4,6,8H2,1H3,(H,20,21). The van der Waals surface area contributed by atoms with E-state index >= 15 is 0 Å². The monoisotopic (exact) mass is 303 g/mol. The quantitative estimate of drug-likeness (QED) is 0.908. The molecule has 0 spiro atoms. The number of halogens is 1. The highest BCUT2D eigenvalue weighted by molar-refractivity contribution is 6.31. The third kappa shape index (κ3) is 2.62. The molecule has 0 saturated carbocycles. The van der Waals surface area contributed by atoms with Gasteiger partial charge >= 0.3 is 5.97 Å². The Hall–Kier alpha value is -1.61. The number of aromatic nitrogens is 1. The predicted octanol–water partition coefficient (Wildman–Crippen LogP) is 4.49. The van der Waals surface area contributed by atoms with Gasteiger partial charge in [-0.3, -0.25) is 4.98 Å². The van der Waals surface area contributed by atoms with Crippen LogP contribution in [0.1, 0.15) is 47.8 Å². The summed E-state index contributed by atoms with van der Waals surface area (Å²) < 4.78 is 0. The van der Waals surface area contributed by atoms with Crippen molar-refractivity contribution in [3.63, 3.8) is 0 Å². The van der Waals surface area contributed by atoms with E-state index in [0.717, 1.165) is 48.9 Å². The first-order valence-corrected chi connectivity index (χ1v) is 7.82. The van der Waals surface area contributed by atoms with E-state index in [4.69, 9.17) is 11.6 Å². The van der Waals surface area contributed by atoms with Gasteiger partial charge in [0.2, 0.25) is 0 Å². The zero-order valence-electron chi connectivity index (χ0n) is 12.0. The Morgan fingerprint density at radius 1 is 1.48 bits per heavy atom. The first-order chi connectivity index (χ1) is 10.1. The van der Waals surface area contributed by atoms with Crippen LogP contribution in [0.2, 0.25) is 5.02 Å². The molecule has 1 aliphatic carbocycles. The van der Waals surface area contributed by atoms with Gasteiger partial charge < -0.3 is 5.11 Å². The van der Waals surface area contributed by atoms with Crippen molar-refractivity contribution < 1.29 is 9.90 Å². The van der Waals surface area contributed by atoms with Gasteiger partial charge in [0.15, 0.2) is 0 Å². The number of rotatable bonds is 3. The van der Waals surface area contributed by atoms with Gasteiger partial charge in [0.25, 0.3) is 0 Å². The Morgan fingerprint density at radius 3 is 3.00 bits per heavy atom. The van der Waals surface area contributed by atoms with Crippen molar-refractivity contribution in [2.24, 2.45) is 5.92 Å². The lowest BCUT2D eigenvalue weighted by Gasteiger charge is -2.25. The third-order valence-electron chi connectivity index (χ3n) is 4.33. The number of benzene rings is 1. The Bertz CT molecular complexity index is 711. The lowest BCUT2D eigenvalue weighted by atomic mass is 9.81. The van der Waals surface area contributed by atoms with E-state index in [0.29, 0.717) is 21.9 Å². The van der Waals surface area contributed by atoms with Gasteiger partial charge in [-0.1, -0.05) is 31.4 Å². The number of fused-ring (bicyclic) bond motifs is 2. The van der Waals surface area contributed by atoms with E-state index in [1.54, 1.807) is 12.1 Å². The van der Waals surface area contributed by atoms with Crippen LogP contribution < -0.4 is 0 Å². The first kappa shape index (κ1) is 14.3. The number of pyridine rings is 1. The normalized spacial score (nSPS) is 17.7. The molecule has 0 radical (unpaired) electrons. The van der Waals surface area contributed by atoms with Crippen LogP contribution in [0.25, 0.3) is 10.9 Å². The molecular weight excluding hydrogens is 286 g/mol. The van der Waals surface area contributed by atoms with Crippen molar-refractivity contribution in [3.8, 4) is 0 Å². The summed E-state index contributed by atoms with van der Waals surface area (Å²) in [5, 5.41) is 10.9. The second-order valence-electron chi connectivity index (χ2n) is 5.78. The maximum absolute atomic E-state index is 11.8. The van der Waals surface area contributed by atoms with Crippen molar-refractivity contribution in [2.75, 3.05) is 0 Å². The maximum Gasteiger partial charge on any atom is 0.336 e. The molecule has 2 aromatic rings. The van der Waals surface area contributed by atoms with Crippen molar-refractivity contribution in [1.29, 1.82) is 0 Å². The van der Waals surface area contributed by atoms with E-state index in [1.165, 1.54) is 0 Å². The molecular formula is C17H18ClNO2. The van der Waals surface area contributed by atoms with E-state index in [9.17, 15) is 9.90 Å². The van der Waals surface area contributed by atoms with Crippen molar-refractivity contribution in [3.05, 3.63) is 40.0 Å². The fraction of sp³-hybridized carbons (Fsp3) is 0.412. The van der Waals surface area contributed by atoms with Crippen molar-refractivity contribution >= 4 is 28.5 Å². The average molecular weight is 304 g/mol. The molecule has 3 rings (SSSR count). The van der Waals surface area contributed by atoms with Crippen LogP contribution in [0.4, 0.5) is 0 Å². The van der Waals surface area contributed by atoms with Gasteiger partial charge in [0, 0.05) is 16.1 Å². The summed E-state index contributed by atoms with van der Waals surface area (Å²) in [7, 11) is 0. The van der Waals surface area contributed by atoms with Crippen LogP contribution in [0.5, 0.6) is 0 Å². The molecule has 1 aromatic carbocycles. The fourth-order valence-electron chi connectivity index (χ4n) is 3.38. The Labute approximate surface area is 129 Å². The van der Waals surface area contributed by atoms with E-state index in [1.807, 2.05) is 6.07 Å². The number of hydrogen-bond donors (Lipinski definition) is 1. The first-order valence-electron chi connectivity index (χ1n) is 7.44. The highest BCUT2D eigenvalue weighted by Gasteiger charge is 2.26. The Morgan fingerprint density at radius 2 is 2.29 bits per heavy atom. The summed E-state index contributed by atoms with van der Waals surface area (Å²) in [6.07, 6.45) is 5.08.